The molecule has 0 saturated heterocycles. The highest BCUT2D eigenvalue weighted by molar-refractivity contribution is 7.89. The van der Waals surface area contributed by atoms with Gasteiger partial charge < -0.3 is 10.1 Å². The van der Waals surface area contributed by atoms with Crippen molar-refractivity contribution in [3.8, 4) is 17.0 Å². The molecule has 0 unspecified atom stereocenters. The summed E-state index contributed by atoms with van der Waals surface area (Å²) < 4.78 is 31.6. The van der Waals surface area contributed by atoms with Crippen LogP contribution in [0.15, 0.2) is 47.4 Å². The van der Waals surface area contributed by atoms with Crippen molar-refractivity contribution in [2.75, 3.05) is 26.5 Å². The van der Waals surface area contributed by atoms with Gasteiger partial charge in [0, 0.05) is 25.3 Å². The van der Waals surface area contributed by atoms with Gasteiger partial charge in [-0.15, -0.1) is 0 Å². The predicted molar refractivity (Wildman–Crippen MR) is 115 cm³/mol. The SMILES string of the molecule is COc1ccc(-c2cc(C(=O)Nc3cc(C)ccc3C)[nH]n2)cc1S(=O)(=O)N(C)C. The molecule has 3 rings (SSSR count). The zero-order valence-corrected chi connectivity index (χ0v) is 18.3. The molecule has 30 heavy (non-hydrogen) atoms. The van der Waals surface area contributed by atoms with Crippen LogP contribution in [0, 0.1) is 13.8 Å². The lowest BCUT2D eigenvalue weighted by Gasteiger charge is -2.15. The number of hydrogen-bond donors (Lipinski definition) is 2. The molecule has 8 nitrogen and oxygen atoms in total. The van der Waals surface area contributed by atoms with Gasteiger partial charge >= 0.3 is 0 Å². The lowest BCUT2D eigenvalue weighted by atomic mass is 10.1. The highest BCUT2D eigenvalue weighted by atomic mass is 32.2. The number of anilines is 1. The van der Waals surface area contributed by atoms with E-state index in [1.54, 1.807) is 18.2 Å². The van der Waals surface area contributed by atoms with Crippen LogP contribution in [0.3, 0.4) is 0 Å². The first-order chi connectivity index (χ1) is 14.1. The number of H-pyrrole nitrogens is 1. The number of rotatable bonds is 6. The molecule has 2 aromatic carbocycles. The number of carbonyl (C=O) groups is 1. The fourth-order valence-corrected chi connectivity index (χ4v) is 3.96. The molecule has 158 valence electrons. The first-order valence-electron chi connectivity index (χ1n) is 9.18. The average molecular weight is 429 g/mol. The molecule has 0 aliphatic carbocycles. The van der Waals surface area contributed by atoms with E-state index in [2.05, 4.69) is 15.5 Å². The average Bonchev–Trinajstić information content (AvgIpc) is 3.20. The van der Waals surface area contributed by atoms with E-state index in [-0.39, 0.29) is 22.2 Å². The molecular weight excluding hydrogens is 404 g/mol. The van der Waals surface area contributed by atoms with Crippen molar-refractivity contribution in [2.24, 2.45) is 0 Å². The van der Waals surface area contributed by atoms with Crippen LogP contribution in [0.5, 0.6) is 5.75 Å². The lowest BCUT2D eigenvalue weighted by molar-refractivity contribution is 0.102. The molecule has 1 heterocycles. The van der Waals surface area contributed by atoms with Crippen LogP contribution in [0.25, 0.3) is 11.3 Å². The zero-order chi connectivity index (χ0) is 22.1. The highest BCUT2D eigenvalue weighted by Crippen LogP contribution is 2.31. The molecule has 0 radical (unpaired) electrons. The topological polar surface area (TPSA) is 104 Å². The van der Waals surface area contributed by atoms with Gasteiger partial charge in [0.2, 0.25) is 10.0 Å². The third-order valence-corrected chi connectivity index (χ3v) is 6.52. The molecule has 0 saturated carbocycles. The first kappa shape index (κ1) is 21.5. The van der Waals surface area contributed by atoms with E-state index in [0.29, 0.717) is 11.3 Å². The Bertz CT molecular complexity index is 1200. The molecule has 9 heteroatoms. The third kappa shape index (κ3) is 4.22. The number of aromatic nitrogens is 2. The van der Waals surface area contributed by atoms with E-state index in [1.807, 2.05) is 32.0 Å². The van der Waals surface area contributed by atoms with E-state index in [4.69, 9.17) is 4.74 Å². The Labute approximate surface area is 175 Å². The molecule has 0 bridgehead atoms. The minimum atomic E-state index is -3.72. The van der Waals surface area contributed by atoms with Gasteiger partial charge in [-0.1, -0.05) is 12.1 Å². The van der Waals surface area contributed by atoms with Crippen molar-refractivity contribution in [3.63, 3.8) is 0 Å². The number of benzene rings is 2. The van der Waals surface area contributed by atoms with Crippen LogP contribution >= 0.6 is 0 Å². The van der Waals surface area contributed by atoms with E-state index in [1.165, 1.54) is 27.3 Å². The van der Waals surface area contributed by atoms with Crippen molar-refractivity contribution >= 4 is 21.6 Å². The maximum absolute atomic E-state index is 12.6. The van der Waals surface area contributed by atoms with Gasteiger partial charge in [-0.2, -0.15) is 5.10 Å². The first-order valence-corrected chi connectivity index (χ1v) is 10.6. The van der Waals surface area contributed by atoms with Crippen molar-refractivity contribution in [1.29, 1.82) is 0 Å². The Morgan fingerprint density at radius 2 is 1.83 bits per heavy atom. The Morgan fingerprint density at radius 1 is 1.10 bits per heavy atom. The van der Waals surface area contributed by atoms with Gasteiger partial charge in [0.15, 0.2) is 0 Å². The quantitative estimate of drug-likeness (QED) is 0.627. The number of nitrogens with one attached hydrogen (secondary N) is 2. The number of methoxy groups -OCH3 is 1. The van der Waals surface area contributed by atoms with Crippen molar-refractivity contribution in [1.82, 2.24) is 14.5 Å². The molecule has 1 aromatic heterocycles. The number of hydrogen-bond acceptors (Lipinski definition) is 5. The predicted octanol–water partition coefficient (Wildman–Crippen LogP) is 3.20. The number of aryl methyl sites for hydroxylation is 2. The largest absolute Gasteiger partial charge is 0.495 e. The fraction of sp³-hybridized carbons (Fsp3) is 0.238. The third-order valence-electron chi connectivity index (χ3n) is 4.68. The molecule has 0 fully saturated rings. The Morgan fingerprint density at radius 3 is 2.50 bits per heavy atom. The summed E-state index contributed by atoms with van der Waals surface area (Å²) in [6.07, 6.45) is 0. The van der Waals surface area contributed by atoms with Gasteiger partial charge in [0.05, 0.1) is 12.8 Å². The fourth-order valence-electron chi connectivity index (χ4n) is 2.88. The number of nitrogens with zero attached hydrogens (tertiary/aromatic N) is 2. The van der Waals surface area contributed by atoms with Gasteiger partial charge in [0.25, 0.3) is 5.91 Å². The molecule has 0 aliphatic heterocycles. The van der Waals surface area contributed by atoms with Gasteiger partial charge in [-0.3, -0.25) is 9.89 Å². The van der Waals surface area contributed by atoms with Gasteiger partial charge in [-0.25, -0.2) is 12.7 Å². The minimum absolute atomic E-state index is 0.0249. The Balaban J connectivity index is 1.92. The normalized spacial score (nSPS) is 11.5. The van der Waals surface area contributed by atoms with E-state index >= 15 is 0 Å². The summed E-state index contributed by atoms with van der Waals surface area (Å²) in [5.74, 6) is -0.104. The van der Waals surface area contributed by atoms with Crippen LogP contribution < -0.4 is 10.1 Å². The summed E-state index contributed by atoms with van der Waals surface area (Å²) in [6.45, 7) is 3.87. The number of carbonyl (C=O) groups excluding carboxylic acids is 1. The molecule has 0 spiro atoms. The molecule has 3 aromatic rings. The Hall–Kier alpha value is -3.17. The van der Waals surface area contributed by atoms with Crippen LogP contribution in [0.1, 0.15) is 21.6 Å². The van der Waals surface area contributed by atoms with Crippen molar-refractivity contribution in [2.45, 2.75) is 18.7 Å². The summed E-state index contributed by atoms with van der Waals surface area (Å²) in [4.78, 5) is 12.7. The smallest absolute Gasteiger partial charge is 0.273 e. The van der Waals surface area contributed by atoms with Crippen LogP contribution in [0.2, 0.25) is 0 Å². The van der Waals surface area contributed by atoms with E-state index in [9.17, 15) is 13.2 Å². The van der Waals surface area contributed by atoms with Crippen molar-refractivity contribution in [3.05, 3.63) is 59.3 Å². The summed E-state index contributed by atoms with van der Waals surface area (Å²) >= 11 is 0. The second kappa shape index (κ2) is 8.29. The summed E-state index contributed by atoms with van der Waals surface area (Å²) in [5, 5.41) is 9.76. The van der Waals surface area contributed by atoms with Crippen molar-refractivity contribution < 1.29 is 17.9 Å². The molecular formula is C21H24N4O4S. The second-order valence-electron chi connectivity index (χ2n) is 7.09. The molecule has 2 N–H and O–H groups in total. The van der Waals surface area contributed by atoms with Crippen LogP contribution in [-0.2, 0) is 10.0 Å². The standard InChI is InChI=1S/C21H24N4O4S/c1-13-6-7-14(2)16(10-13)22-21(26)18-12-17(23-24-18)15-8-9-19(29-5)20(11-15)30(27,28)25(3)4/h6-12H,1-5H3,(H,22,26)(H,23,24). The van der Waals surface area contributed by atoms with Crippen LogP contribution in [0.4, 0.5) is 5.69 Å². The lowest BCUT2D eigenvalue weighted by Crippen LogP contribution is -2.22. The van der Waals surface area contributed by atoms with E-state index < -0.39 is 10.0 Å². The zero-order valence-electron chi connectivity index (χ0n) is 17.5. The number of amides is 1. The van der Waals surface area contributed by atoms with Gasteiger partial charge in [-0.05, 0) is 55.3 Å². The maximum atomic E-state index is 12.6. The highest BCUT2D eigenvalue weighted by Gasteiger charge is 2.23. The monoisotopic (exact) mass is 428 g/mol. The number of sulfonamides is 1. The van der Waals surface area contributed by atoms with Gasteiger partial charge in [0.1, 0.15) is 16.3 Å². The molecule has 0 aliphatic rings. The molecule has 1 amide bonds. The van der Waals surface area contributed by atoms with Crippen LogP contribution in [-0.4, -0.2) is 50.0 Å². The maximum Gasteiger partial charge on any atom is 0.273 e. The minimum Gasteiger partial charge on any atom is -0.495 e. The second-order valence-corrected chi connectivity index (χ2v) is 9.21. The Kier molecular flexibility index (Phi) is 5.95. The molecule has 0 atom stereocenters. The summed E-state index contributed by atoms with van der Waals surface area (Å²) in [7, 11) is 0.593. The summed E-state index contributed by atoms with van der Waals surface area (Å²) in [5.41, 5.74) is 3.95. The number of aromatic amines is 1. The van der Waals surface area contributed by atoms with E-state index in [0.717, 1.165) is 21.1 Å². The summed E-state index contributed by atoms with van der Waals surface area (Å²) in [6, 6.07) is 12.1. The number of ether oxygens (including phenoxy) is 1.